The standard InChI is InChI=1S/C8H15F2NOS/c1-11-4-6(3-7(11)13-2)5-12-8(9)10/h6-8H,3-5H2,1-2H3/t6?,7-/m1/s1. The molecule has 5 heteroatoms. The van der Waals surface area contributed by atoms with Crippen molar-refractivity contribution in [2.45, 2.75) is 18.4 Å². The Bertz CT molecular complexity index is 159. The van der Waals surface area contributed by atoms with Crippen molar-refractivity contribution in [3.63, 3.8) is 0 Å². The molecule has 1 aliphatic heterocycles. The number of nitrogens with zero attached hydrogens (tertiary/aromatic N) is 1. The second kappa shape index (κ2) is 5.12. The Kier molecular flexibility index (Phi) is 4.41. The minimum Gasteiger partial charge on any atom is -0.323 e. The minimum atomic E-state index is -2.63. The van der Waals surface area contributed by atoms with Crippen LogP contribution in [0.15, 0.2) is 0 Å². The fraction of sp³-hybridized carbons (Fsp3) is 1.00. The Morgan fingerprint density at radius 1 is 1.62 bits per heavy atom. The van der Waals surface area contributed by atoms with Crippen LogP contribution in [0.5, 0.6) is 0 Å². The van der Waals surface area contributed by atoms with Crippen molar-refractivity contribution in [1.29, 1.82) is 0 Å². The molecular weight excluding hydrogens is 196 g/mol. The molecule has 1 saturated heterocycles. The highest BCUT2D eigenvalue weighted by atomic mass is 32.2. The highest BCUT2D eigenvalue weighted by molar-refractivity contribution is 7.99. The van der Waals surface area contributed by atoms with Gasteiger partial charge in [-0.1, -0.05) is 0 Å². The summed E-state index contributed by atoms with van der Waals surface area (Å²) in [5.74, 6) is 0.261. The maximum absolute atomic E-state index is 11.7. The first-order chi connectivity index (χ1) is 6.13. The molecule has 78 valence electrons. The number of likely N-dealkylation sites (tertiary alicyclic amines) is 1. The van der Waals surface area contributed by atoms with E-state index in [0.29, 0.717) is 5.37 Å². The van der Waals surface area contributed by atoms with Crippen LogP contribution >= 0.6 is 11.8 Å². The van der Waals surface area contributed by atoms with E-state index in [4.69, 9.17) is 0 Å². The van der Waals surface area contributed by atoms with E-state index < -0.39 is 6.61 Å². The molecule has 0 spiro atoms. The predicted octanol–water partition coefficient (Wildman–Crippen LogP) is 1.87. The molecule has 0 aromatic rings. The number of alkyl halides is 2. The van der Waals surface area contributed by atoms with Gasteiger partial charge in [-0.2, -0.15) is 8.78 Å². The molecule has 1 heterocycles. The molecule has 13 heavy (non-hydrogen) atoms. The lowest BCUT2D eigenvalue weighted by molar-refractivity contribution is -0.137. The average molecular weight is 211 g/mol. The highest BCUT2D eigenvalue weighted by Crippen LogP contribution is 2.28. The van der Waals surface area contributed by atoms with Gasteiger partial charge in [0.25, 0.3) is 0 Å². The molecule has 0 bridgehead atoms. The van der Waals surface area contributed by atoms with E-state index in [1.54, 1.807) is 11.8 Å². The molecule has 0 amide bonds. The SMILES string of the molecule is CS[C@@H]1CC(COC(F)F)CN1C. The molecule has 1 aliphatic rings. The van der Waals surface area contributed by atoms with Crippen molar-refractivity contribution in [2.75, 3.05) is 26.5 Å². The first-order valence-electron chi connectivity index (χ1n) is 4.26. The summed E-state index contributed by atoms with van der Waals surface area (Å²) in [4.78, 5) is 2.18. The number of halogens is 2. The Hall–Kier alpha value is 0.130. The van der Waals surface area contributed by atoms with Gasteiger partial charge in [0.05, 0.1) is 12.0 Å². The number of hydrogen-bond donors (Lipinski definition) is 0. The second-order valence-corrected chi connectivity index (χ2v) is 4.34. The maximum Gasteiger partial charge on any atom is 0.345 e. The molecular formula is C8H15F2NOS. The van der Waals surface area contributed by atoms with E-state index in [9.17, 15) is 8.78 Å². The normalized spacial score (nSPS) is 30.2. The summed E-state index contributed by atoms with van der Waals surface area (Å²) in [7, 11) is 2.02. The Balaban J connectivity index is 2.23. The van der Waals surface area contributed by atoms with E-state index >= 15 is 0 Å². The first-order valence-corrected chi connectivity index (χ1v) is 5.55. The van der Waals surface area contributed by atoms with Crippen molar-refractivity contribution in [3.05, 3.63) is 0 Å². The van der Waals surface area contributed by atoms with E-state index in [2.05, 4.69) is 9.64 Å². The van der Waals surface area contributed by atoms with Gasteiger partial charge in [0, 0.05) is 6.54 Å². The third-order valence-electron chi connectivity index (χ3n) is 2.30. The van der Waals surface area contributed by atoms with Crippen LogP contribution in [0.4, 0.5) is 8.78 Å². The maximum atomic E-state index is 11.7. The van der Waals surface area contributed by atoms with E-state index in [1.165, 1.54) is 0 Å². The van der Waals surface area contributed by atoms with Gasteiger partial charge >= 0.3 is 6.61 Å². The highest BCUT2D eigenvalue weighted by Gasteiger charge is 2.29. The van der Waals surface area contributed by atoms with Gasteiger partial charge in [-0.25, -0.2) is 0 Å². The Morgan fingerprint density at radius 2 is 2.31 bits per heavy atom. The van der Waals surface area contributed by atoms with Crippen LogP contribution in [-0.2, 0) is 4.74 Å². The van der Waals surface area contributed by atoms with Gasteiger partial charge in [-0.05, 0) is 25.6 Å². The third kappa shape index (κ3) is 3.40. The molecule has 0 aromatic heterocycles. The molecule has 0 aromatic carbocycles. The molecule has 0 saturated carbocycles. The quantitative estimate of drug-likeness (QED) is 0.704. The van der Waals surface area contributed by atoms with E-state index in [0.717, 1.165) is 13.0 Å². The largest absolute Gasteiger partial charge is 0.345 e. The molecule has 1 rings (SSSR count). The van der Waals surface area contributed by atoms with Gasteiger partial charge < -0.3 is 4.74 Å². The Labute approximate surface area is 81.6 Å². The molecule has 1 unspecified atom stereocenters. The van der Waals surface area contributed by atoms with Crippen LogP contribution < -0.4 is 0 Å². The van der Waals surface area contributed by atoms with Crippen LogP contribution in [0.2, 0.25) is 0 Å². The van der Waals surface area contributed by atoms with Gasteiger partial charge in [-0.15, -0.1) is 11.8 Å². The van der Waals surface area contributed by atoms with Crippen LogP contribution in [0.1, 0.15) is 6.42 Å². The first kappa shape index (κ1) is 11.2. The molecule has 0 radical (unpaired) electrons. The van der Waals surface area contributed by atoms with Crippen molar-refractivity contribution in [1.82, 2.24) is 4.90 Å². The minimum absolute atomic E-state index is 0.180. The zero-order valence-electron chi connectivity index (χ0n) is 7.87. The Morgan fingerprint density at radius 3 is 2.77 bits per heavy atom. The molecule has 0 N–H and O–H groups in total. The van der Waals surface area contributed by atoms with Crippen molar-refractivity contribution < 1.29 is 13.5 Å². The fourth-order valence-corrected chi connectivity index (χ4v) is 2.58. The smallest absolute Gasteiger partial charge is 0.323 e. The van der Waals surface area contributed by atoms with Crippen LogP contribution in [0.3, 0.4) is 0 Å². The van der Waals surface area contributed by atoms with Gasteiger partial charge in [-0.3, -0.25) is 4.90 Å². The number of thioether (sulfide) groups is 1. The van der Waals surface area contributed by atoms with Crippen LogP contribution in [0.25, 0.3) is 0 Å². The molecule has 2 nitrogen and oxygen atoms in total. The number of ether oxygens (including phenoxy) is 1. The second-order valence-electron chi connectivity index (χ2n) is 3.33. The summed E-state index contributed by atoms with van der Waals surface area (Å²) in [6.45, 7) is -1.59. The summed E-state index contributed by atoms with van der Waals surface area (Å²) in [6, 6.07) is 0. The van der Waals surface area contributed by atoms with E-state index in [1.807, 2.05) is 13.3 Å². The number of hydrogen-bond acceptors (Lipinski definition) is 3. The lowest BCUT2D eigenvalue weighted by Gasteiger charge is -2.15. The summed E-state index contributed by atoms with van der Waals surface area (Å²) in [5.41, 5.74) is 0. The fourth-order valence-electron chi connectivity index (χ4n) is 1.67. The van der Waals surface area contributed by atoms with Crippen molar-refractivity contribution in [2.24, 2.45) is 5.92 Å². The van der Waals surface area contributed by atoms with E-state index in [-0.39, 0.29) is 12.5 Å². The third-order valence-corrected chi connectivity index (χ3v) is 3.40. The zero-order valence-corrected chi connectivity index (χ0v) is 8.69. The van der Waals surface area contributed by atoms with Gasteiger partial charge in [0.2, 0.25) is 0 Å². The molecule has 2 atom stereocenters. The van der Waals surface area contributed by atoms with Crippen molar-refractivity contribution >= 4 is 11.8 Å². The van der Waals surface area contributed by atoms with Gasteiger partial charge in [0.1, 0.15) is 0 Å². The lowest BCUT2D eigenvalue weighted by atomic mass is 10.1. The lowest BCUT2D eigenvalue weighted by Crippen LogP contribution is -2.22. The monoisotopic (exact) mass is 211 g/mol. The summed E-state index contributed by atoms with van der Waals surface area (Å²) in [5, 5.41) is 0.464. The molecule has 1 fully saturated rings. The van der Waals surface area contributed by atoms with Gasteiger partial charge in [0.15, 0.2) is 0 Å². The topological polar surface area (TPSA) is 12.5 Å². The number of rotatable bonds is 4. The van der Waals surface area contributed by atoms with Crippen molar-refractivity contribution in [3.8, 4) is 0 Å². The predicted molar refractivity (Wildman–Crippen MR) is 50.0 cm³/mol. The molecule has 0 aliphatic carbocycles. The van der Waals surface area contributed by atoms with Crippen LogP contribution in [0, 0.1) is 5.92 Å². The zero-order chi connectivity index (χ0) is 9.84. The van der Waals surface area contributed by atoms with Crippen LogP contribution in [-0.4, -0.2) is 43.3 Å². The summed E-state index contributed by atoms with van der Waals surface area (Å²) in [6.07, 6.45) is 2.99. The summed E-state index contributed by atoms with van der Waals surface area (Å²) >= 11 is 1.76. The average Bonchev–Trinajstić information content (AvgIpc) is 2.43. The summed E-state index contributed by atoms with van der Waals surface area (Å²) < 4.78 is 27.7.